The quantitative estimate of drug-likeness (QED) is 0.665. The molecule has 0 aromatic heterocycles. The number of alkyl halides is 3. The van der Waals surface area contributed by atoms with E-state index < -0.39 is 30.9 Å². The molecule has 0 heterocycles. The van der Waals surface area contributed by atoms with Crippen LogP contribution in [0.1, 0.15) is 13.3 Å². The van der Waals surface area contributed by atoms with E-state index in [1.807, 2.05) is 0 Å². The lowest BCUT2D eigenvalue weighted by molar-refractivity contribution is -0.189. The van der Waals surface area contributed by atoms with Gasteiger partial charge in [-0.2, -0.15) is 13.2 Å². The minimum Gasteiger partial charge on any atom is -0.384 e. The van der Waals surface area contributed by atoms with E-state index in [9.17, 15) is 18.0 Å². The summed E-state index contributed by atoms with van der Waals surface area (Å²) in [4.78, 5) is 10.4. The molecule has 0 aliphatic carbocycles. The number of ether oxygens (including phenoxy) is 1. The molecule has 72 valence electrons. The molecule has 0 spiro atoms. The van der Waals surface area contributed by atoms with Gasteiger partial charge in [-0.05, 0) is 6.92 Å². The largest absolute Gasteiger partial charge is 0.394 e. The molecule has 2 nitrogen and oxygen atoms in total. The first-order valence-electron chi connectivity index (χ1n) is 3.43. The Morgan fingerprint density at radius 3 is 2.25 bits per heavy atom. The fraction of sp³-hybridized carbons (Fsp3) is 0.857. The summed E-state index contributed by atoms with van der Waals surface area (Å²) in [5.41, 5.74) is 0. The molecule has 0 radical (unpaired) electrons. The van der Waals surface area contributed by atoms with Crippen molar-refractivity contribution in [3.63, 3.8) is 0 Å². The van der Waals surface area contributed by atoms with E-state index in [4.69, 9.17) is 0 Å². The average molecular weight is 184 g/mol. The van der Waals surface area contributed by atoms with Crippen molar-refractivity contribution in [1.82, 2.24) is 0 Å². The van der Waals surface area contributed by atoms with E-state index in [-0.39, 0.29) is 0 Å². The van der Waals surface area contributed by atoms with Crippen molar-refractivity contribution < 1.29 is 22.7 Å². The molecule has 0 aromatic rings. The normalized spacial score (nSPS) is 14.4. The van der Waals surface area contributed by atoms with E-state index in [2.05, 4.69) is 4.74 Å². The van der Waals surface area contributed by atoms with Crippen molar-refractivity contribution in [3.8, 4) is 0 Å². The van der Waals surface area contributed by atoms with Crippen molar-refractivity contribution in [3.05, 3.63) is 0 Å². The molecule has 0 aliphatic rings. The van der Waals surface area contributed by atoms with Crippen LogP contribution < -0.4 is 0 Å². The van der Waals surface area contributed by atoms with E-state index in [1.165, 1.54) is 7.11 Å². The van der Waals surface area contributed by atoms with Crippen LogP contribution in [0.2, 0.25) is 0 Å². The summed E-state index contributed by atoms with van der Waals surface area (Å²) in [6, 6.07) is 0. The van der Waals surface area contributed by atoms with Gasteiger partial charge in [0.05, 0.1) is 12.5 Å². The van der Waals surface area contributed by atoms with Crippen molar-refractivity contribution in [2.75, 3.05) is 13.7 Å². The number of carbonyl (C=O) groups is 1. The highest BCUT2D eigenvalue weighted by molar-refractivity contribution is 5.75. The maximum atomic E-state index is 12.0. The highest BCUT2D eigenvalue weighted by Crippen LogP contribution is 2.28. The molecule has 0 aromatic carbocycles. The zero-order valence-electron chi connectivity index (χ0n) is 6.94. The number of hydrogen-bond acceptors (Lipinski definition) is 2. The van der Waals surface area contributed by atoms with Gasteiger partial charge in [-0.15, -0.1) is 0 Å². The second kappa shape index (κ2) is 4.45. The molecular weight excluding hydrogens is 173 g/mol. The molecule has 1 unspecified atom stereocenters. The third kappa shape index (κ3) is 4.33. The second-order valence-electron chi connectivity index (χ2n) is 2.60. The standard InChI is InChI=1S/C7H11F3O2/c1-5(11)3-6(4-12-2)7(8,9)10/h6H,3-4H2,1-2H3. The predicted octanol–water partition coefficient (Wildman–Crippen LogP) is 1.79. The van der Waals surface area contributed by atoms with Gasteiger partial charge in [0.2, 0.25) is 0 Å². The van der Waals surface area contributed by atoms with Crippen molar-refractivity contribution >= 4 is 5.78 Å². The highest BCUT2D eigenvalue weighted by atomic mass is 19.4. The Morgan fingerprint density at radius 2 is 2.00 bits per heavy atom. The first-order chi connectivity index (χ1) is 5.38. The van der Waals surface area contributed by atoms with Gasteiger partial charge in [-0.1, -0.05) is 0 Å². The molecule has 5 heteroatoms. The third-order valence-corrected chi connectivity index (χ3v) is 1.36. The summed E-state index contributed by atoms with van der Waals surface area (Å²) >= 11 is 0. The maximum absolute atomic E-state index is 12.0. The number of Topliss-reactive ketones (excluding diaryl/α,β-unsaturated/α-hetero) is 1. The topological polar surface area (TPSA) is 26.3 Å². The van der Waals surface area contributed by atoms with E-state index >= 15 is 0 Å². The van der Waals surface area contributed by atoms with Crippen LogP contribution in [0.4, 0.5) is 13.2 Å². The van der Waals surface area contributed by atoms with Gasteiger partial charge in [0, 0.05) is 13.5 Å². The average Bonchev–Trinajstić information content (AvgIpc) is 1.83. The summed E-state index contributed by atoms with van der Waals surface area (Å²) in [5.74, 6) is -2.14. The minimum absolute atomic E-state index is 0.455. The molecular formula is C7H11F3O2. The summed E-state index contributed by atoms with van der Waals surface area (Å²) in [6.45, 7) is 0.678. The van der Waals surface area contributed by atoms with Crippen LogP contribution in [0, 0.1) is 5.92 Å². The zero-order chi connectivity index (χ0) is 9.78. The van der Waals surface area contributed by atoms with Crippen LogP contribution in [0.15, 0.2) is 0 Å². The highest BCUT2D eigenvalue weighted by Gasteiger charge is 2.39. The summed E-state index contributed by atoms with van der Waals surface area (Å²) in [7, 11) is 1.18. The SMILES string of the molecule is COCC(CC(C)=O)C(F)(F)F. The van der Waals surface area contributed by atoms with Crippen molar-refractivity contribution in [1.29, 1.82) is 0 Å². The van der Waals surface area contributed by atoms with Crippen LogP contribution in [0.25, 0.3) is 0 Å². The second-order valence-corrected chi connectivity index (χ2v) is 2.60. The number of ketones is 1. The monoisotopic (exact) mass is 184 g/mol. The van der Waals surface area contributed by atoms with Crippen LogP contribution >= 0.6 is 0 Å². The van der Waals surface area contributed by atoms with E-state index in [0.29, 0.717) is 0 Å². The number of hydrogen-bond donors (Lipinski definition) is 0. The first kappa shape index (κ1) is 11.4. The van der Waals surface area contributed by atoms with Crippen LogP contribution in [0.3, 0.4) is 0 Å². The fourth-order valence-corrected chi connectivity index (χ4v) is 0.817. The molecule has 0 bridgehead atoms. The molecule has 0 amide bonds. The zero-order valence-corrected chi connectivity index (χ0v) is 6.94. The van der Waals surface area contributed by atoms with Crippen molar-refractivity contribution in [2.45, 2.75) is 19.5 Å². The van der Waals surface area contributed by atoms with Crippen LogP contribution in [-0.4, -0.2) is 25.7 Å². The van der Waals surface area contributed by atoms with E-state index in [0.717, 1.165) is 6.92 Å². The van der Waals surface area contributed by atoms with Gasteiger partial charge < -0.3 is 9.53 Å². The van der Waals surface area contributed by atoms with Gasteiger partial charge >= 0.3 is 6.18 Å². The predicted molar refractivity (Wildman–Crippen MR) is 36.7 cm³/mol. The lowest BCUT2D eigenvalue weighted by atomic mass is 10.0. The fourth-order valence-electron chi connectivity index (χ4n) is 0.817. The minimum atomic E-state index is -4.35. The summed E-state index contributed by atoms with van der Waals surface area (Å²) in [5, 5.41) is 0. The number of halogens is 3. The Bertz CT molecular complexity index is 153. The first-order valence-corrected chi connectivity index (χ1v) is 3.43. The smallest absolute Gasteiger partial charge is 0.384 e. The van der Waals surface area contributed by atoms with Gasteiger partial charge in [0.1, 0.15) is 5.78 Å². The summed E-state index contributed by atoms with van der Waals surface area (Å²) < 4.78 is 40.5. The Kier molecular flexibility index (Phi) is 4.23. The number of carbonyl (C=O) groups excluding carboxylic acids is 1. The van der Waals surface area contributed by atoms with Gasteiger partial charge in [-0.3, -0.25) is 0 Å². The number of rotatable bonds is 4. The lowest BCUT2D eigenvalue weighted by Crippen LogP contribution is -2.28. The van der Waals surface area contributed by atoms with Gasteiger partial charge in [0.15, 0.2) is 0 Å². The molecule has 0 saturated heterocycles. The van der Waals surface area contributed by atoms with Crippen LogP contribution in [-0.2, 0) is 9.53 Å². The van der Waals surface area contributed by atoms with Gasteiger partial charge in [-0.25, -0.2) is 0 Å². The molecule has 12 heavy (non-hydrogen) atoms. The molecule has 0 rings (SSSR count). The Hall–Kier alpha value is -0.580. The Balaban J connectivity index is 4.13. The van der Waals surface area contributed by atoms with Gasteiger partial charge in [0.25, 0.3) is 0 Å². The summed E-state index contributed by atoms with van der Waals surface area (Å²) in [6.07, 6.45) is -4.85. The molecule has 0 saturated carbocycles. The van der Waals surface area contributed by atoms with Crippen LogP contribution in [0.5, 0.6) is 0 Å². The van der Waals surface area contributed by atoms with E-state index in [1.54, 1.807) is 0 Å². The number of methoxy groups -OCH3 is 1. The molecule has 0 aliphatic heterocycles. The molecule has 0 fully saturated rings. The molecule has 1 atom stereocenters. The molecule has 0 N–H and O–H groups in total. The lowest BCUT2D eigenvalue weighted by Gasteiger charge is -2.17. The third-order valence-electron chi connectivity index (χ3n) is 1.36. The van der Waals surface area contributed by atoms with Crippen molar-refractivity contribution in [2.24, 2.45) is 5.92 Å². The Labute approximate surface area is 68.7 Å². The maximum Gasteiger partial charge on any atom is 0.394 e. The Morgan fingerprint density at radius 1 is 1.50 bits per heavy atom.